The molecule has 0 radical (unpaired) electrons. The summed E-state index contributed by atoms with van der Waals surface area (Å²) >= 11 is 0. The summed E-state index contributed by atoms with van der Waals surface area (Å²) in [6.45, 7) is 0.439. The molecule has 27 heavy (non-hydrogen) atoms. The molecule has 1 aromatic carbocycles. The zero-order valence-corrected chi connectivity index (χ0v) is 14.2. The molecular weight excluding hydrogens is 362 g/mol. The third kappa shape index (κ3) is 4.83. The molecule has 2 unspecified atom stereocenters. The molecule has 0 saturated carbocycles. The molecule has 0 aliphatic heterocycles. The number of rotatable bonds is 8. The van der Waals surface area contributed by atoms with Gasteiger partial charge in [-0.3, -0.25) is 14.9 Å². The molecule has 2 aromatic rings. The minimum absolute atomic E-state index is 0.170. The first-order valence-electron chi connectivity index (χ1n) is 7.74. The van der Waals surface area contributed by atoms with E-state index >= 15 is 0 Å². The van der Waals surface area contributed by atoms with Crippen molar-refractivity contribution >= 4 is 17.4 Å². The van der Waals surface area contributed by atoms with Crippen molar-refractivity contribution in [3.8, 4) is 0 Å². The fourth-order valence-corrected chi connectivity index (χ4v) is 2.43. The van der Waals surface area contributed by atoms with Crippen LogP contribution in [0.4, 0.5) is 11.5 Å². The molecule has 0 saturated heterocycles. The van der Waals surface area contributed by atoms with Gasteiger partial charge in [-0.1, -0.05) is 5.10 Å². The Morgan fingerprint density at radius 2 is 1.89 bits per heavy atom. The maximum absolute atomic E-state index is 12.1. The topological polar surface area (TPSA) is 174 Å². The summed E-state index contributed by atoms with van der Waals surface area (Å²) in [6.07, 6.45) is -1.34. The summed E-state index contributed by atoms with van der Waals surface area (Å²) in [5.41, 5.74) is 0.442. The van der Waals surface area contributed by atoms with E-state index in [9.17, 15) is 35.2 Å². The number of aryl methyl sites for hydroxylation is 1. The summed E-state index contributed by atoms with van der Waals surface area (Å²) in [7, 11) is 0. The second-order valence-corrected chi connectivity index (χ2v) is 5.71. The van der Waals surface area contributed by atoms with Gasteiger partial charge in [0.05, 0.1) is 29.3 Å². The van der Waals surface area contributed by atoms with Crippen LogP contribution in [0, 0.1) is 27.2 Å². The summed E-state index contributed by atoms with van der Waals surface area (Å²) in [6, 6.07) is 5.07. The van der Waals surface area contributed by atoms with Gasteiger partial charge in [0.2, 0.25) is 0 Å². The highest BCUT2D eigenvalue weighted by molar-refractivity contribution is 5.76. The molecule has 0 aliphatic rings. The molecule has 2 rings (SSSR count). The number of aliphatic hydroxyl groups is 2. The van der Waals surface area contributed by atoms with E-state index in [4.69, 9.17) is 0 Å². The van der Waals surface area contributed by atoms with Crippen molar-refractivity contribution in [2.45, 2.75) is 25.6 Å². The van der Waals surface area contributed by atoms with E-state index in [0.29, 0.717) is 5.69 Å². The molecule has 0 bridgehead atoms. The lowest BCUT2D eigenvalue weighted by Gasteiger charge is -2.22. The molecule has 1 heterocycles. The molecular formula is C15H17N5O7. The highest BCUT2D eigenvalue weighted by atomic mass is 16.6. The fraction of sp³-hybridized carbons (Fsp3) is 0.333. The van der Waals surface area contributed by atoms with Crippen molar-refractivity contribution < 1.29 is 24.9 Å². The van der Waals surface area contributed by atoms with Crippen molar-refractivity contribution in [3.05, 3.63) is 61.8 Å². The number of non-ortho nitro benzene ring substituents is 1. The number of nitrogens with one attached hydrogen (secondary N) is 1. The van der Waals surface area contributed by atoms with Crippen molar-refractivity contribution in [1.29, 1.82) is 0 Å². The Hall–Kier alpha value is -3.38. The number of nitro benzene ring substituents is 1. The van der Waals surface area contributed by atoms with Crippen LogP contribution in [0.15, 0.2) is 30.3 Å². The lowest BCUT2D eigenvalue weighted by atomic mass is 10.0. The third-order valence-corrected chi connectivity index (χ3v) is 3.73. The number of benzene rings is 1. The van der Waals surface area contributed by atoms with Crippen LogP contribution in [-0.2, 0) is 11.3 Å². The minimum Gasteiger partial charge on any atom is -0.394 e. The van der Waals surface area contributed by atoms with Crippen molar-refractivity contribution in [1.82, 2.24) is 15.1 Å². The van der Waals surface area contributed by atoms with Crippen LogP contribution in [0.1, 0.15) is 17.4 Å². The quantitative estimate of drug-likeness (QED) is 0.431. The second kappa shape index (κ2) is 8.33. The number of aliphatic hydroxyl groups excluding tert-OH is 2. The van der Waals surface area contributed by atoms with Gasteiger partial charge in [0.1, 0.15) is 6.10 Å². The first-order chi connectivity index (χ1) is 12.7. The van der Waals surface area contributed by atoms with Gasteiger partial charge in [0.25, 0.3) is 11.6 Å². The summed E-state index contributed by atoms with van der Waals surface area (Å²) in [4.78, 5) is 32.5. The van der Waals surface area contributed by atoms with E-state index in [-0.39, 0.29) is 17.1 Å². The number of nitrogens with zero attached hydrogens (tertiary/aromatic N) is 4. The zero-order valence-electron chi connectivity index (χ0n) is 14.2. The van der Waals surface area contributed by atoms with E-state index in [1.807, 2.05) is 0 Å². The van der Waals surface area contributed by atoms with Crippen molar-refractivity contribution in [2.24, 2.45) is 0 Å². The van der Waals surface area contributed by atoms with E-state index in [0.717, 1.165) is 4.68 Å². The average Bonchev–Trinajstić information content (AvgIpc) is 2.99. The number of hydrogen-bond donors (Lipinski definition) is 3. The number of carbonyl (C=O) groups is 1. The lowest BCUT2D eigenvalue weighted by Crippen LogP contribution is -2.43. The van der Waals surface area contributed by atoms with Crippen LogP contribution in [0.2, 0.25) is 0 Å². The van der Waals surface area contributed by atoms with Crippen LogP contribution in [-0.4, -0.2) is 48.4 Å². The van der Waals surface area contributed by atoms with E-state index < -0.39 is 41.1 Å². The normalized spacial score (nSPS) is 13.0. The Bertz CT molecular complexity index is 849. The molecule has 0 spiro atoms. The number of amides is 1. The first kappa shape index (κ1) is 19.9. The smallest absolute Gasteiger partial charge is 0.345 e. The monoisotopic (exact) mass is 379 g/mol. The number of carbonyl (C=O) groups excluding carboxylic acids is 1. The summed E-state index contributed by atoms with van der Waals surface area (Å²) < 4.78 is 0.900. The molecule has 2 atom stereocenters. The summed E-state index contributed by atoms with van der Waals surface area (Å²) in [5, 5.41) is 47.6. The number of hydrogen-bond acceptors (Lipinski definition) is 8. The van der Waals surface area contributed by atoms with E-state index in [1.54, 1.807) is 0 Å². The molecule has 0 fully saturated rings. The largest absolute Gasteiger partial charge is 0.394 e. The van der Waals surface area contributed by atoms with Crippen LogP contribution >= 0.6 is 0 Å². The fourth-order valence-electron chi connectivity index (χ4n) is 2.43. The lowest BCUT2D eigenvalue weighted by molar-refractivity contribution is -0.392. The van der Waals surface area contributed by atoms with Gasteiger partial charge in [-0.15, -0.1) is 4.68 Å². The van der Waals surface area contributed by atoms with Crippen LogP contribution in [0.3, 0.4) is 0 Å². The molecule has 1 amide bonds. The van der Waals surface area contributed by atoms with Gasteiger partial charge in [0.15, 0.2) is 6.54 Å². The number of aromatic nitrogens is 2. The van der Waals surface area contributed by atoms with Crippen molar-refractivity contribution in [2.75, 3.05) is 6.61 Å². The zero-order chi connectivity index (χ0) is 20.1. The second-order valence-electron chi connectivity index (χ2n) is 5.71. The van der Waals surface area contributed by atoms with Gasteiger partial charge in [-0.2, -0.15) is 0 Å². The Labute approximate surface area is 152 Å². The Balaban J connectivity index is 2.08. The van der Waals surface area contributed by atoms with Gasteiger partial charge in [-0.05, 0) is 29.5 Å². The minimum atomic E-state index is -1.34. The third-order valence-electron chi connectivity index (χ3n) is 3.73. The molecule has 3 N–H and O–H groups in total. The first-order valence-corrected chi connectivity index (χ1v) is 7.74. The van der Waals surface area contributed by atoms with Gasteiger partial charge >= 0.3 is 5.82 Å². The van der Waals surface area contributed by atoms with Gasteiger partial charge < -0.3 is 25.6 Å². The number of nitro groups is 2. The Morgan fingerprint density at radius 1 is 1.26 bits per heavy atom. The van der Waals surface area contributed by atoms with Crippen LogP contribution in [0.25, 0.3) is 0 Å². The SMILES string of the molecule is Cc1cc([N+](=O)[O-])n(CC(=O)NC(CO)C(O)c2ccc([N+](=O)[O-])cc2)n1. The highest BCUT2D eigenvalue weighted by Crippen LogP contribution is 2.20. The predicted molar refractivity (Wildman–Crippen MR) is 90.7 cm³/mol. The maximum Gasteiger partial charge on any atom is 0.345 e. The Morgan fingerprint density at radius 3 is 2.41 bits per heavy atom. The van der Waals surface area contributed by atoms with E-state index in [1.165, 1.54) is 37.3 Å². The standard InChI is InChI=1S/C15H17N5O7/c1-9-6-14(20(26)27)18(17-9)7-13(22)16-12(8-21)15(23)10-2-4-11(5-3-10)19(24)25/h2-6,12,15,21,23H,7-8H2,1H3,(H,16,22). The maximum atomic E-state index is 12.1. The van der Waals surface area contributed by atoms with Crippen molar-refractivity contribution in [3.63, 3.8) is 0 Å². The molecule has 1 aromatic heterocycles. The molecule has 12 nitrogen and oxygen atoms in total. The molecule has 144 valence electrons. The van der Waals surface area contributed by atoms with Gasteiger partial charge in [-0.25, -0.2) is 0 Å². The summed E-state index contributed by atoms with van der Waals surface area (Å²) in [5.74, 6) is -1.07. The van der Waals surface area contributed by atoms with Crippen LogP contribution in [0.5, 0.6) is 0 Å². The molecule has 12 heteroatoms. The van der Waals surface area contributed by atoms with E-state index in [2.05, 4.69) is 10.4 Å². The molecule has 0 aliphatic carbocycles. The Kier molecular flexibility index (Phi) is 6.15. The van der Waals surface area contributed by atoms with Crippen LogP contribution < -0.4 is 5.32 Å². The van der Waals surface area contributed by atoms with Gasteiger partial charge in [0, 0.05) is 12.1 Å². The predicted octanol–water partition coefficient (Wildman–Crippen LogP) is 0.219. The average molecular weight is 379 g/mol. The highest BCUT2D eigenvalue weighted by Gasteiger charge is 2.25.